The van der Waals surface area contributed by atoms with Gasteiger partial charge in [0.2, 0.25) is 0 Å². The summed E-state index contributed by atoms with van der Waals surface area (Å²) in [5.74, 6) is -1.70. The molecule has 4 aromatic carbocycles. The molecule has 5 rings (SSSR count). The zero-order valence-corrected chi connectivity index (χ0v) is 22.4. The Kier molecular flexibility index (Phi) is 7.39. The van der Waals surface area contributed by atoms with E-state index in [-0.39, 0.29) is 23.6 Å². The van der Waals surface area contributed by atoms with E-state index in [4.69, 9.17) is 9.84 Å². The second-order valence-corrected chi connectivity index (χ2v) is 10.1. The molecule has 0 aliphatic carbocycles. The molecule has 1 amide bonds. The molecule has 1 saturated heterocycles. The predicted octanol–water partition coefficient (Wildman–Crippen LogP) is 6.36. The lowest BCUT2D eigenvalue weighted by atomic mass is 10.0. The number of hydrogen-bond donors (Lipinski definition) is 2. The molecule has 8 nitrogen and oxygen atoms in total. The maximum absolute atomic E-state index is 13.3. The number of ether oxygens (including phenoxy) is 1. The van der Waals surface area contributed by atoms with Crippen molar-refractivity contribution in [3.05, 3.63) is 112 Å². The van der Waals surface area contributed by atoms with E-state index in [0.29, 0.717) is 27.1 Å². The Bertz CT molecular complexity index is 1730. The number of amidine groups is 1. The van der Waals surface area contributed by atoms with E-state index in [1.807, 2.05) is 36.4 Å². The summed E-state index contributed by atoms with van der Waals surface area (Å²) in [6.07, 6.45) is 1.79. The number of carbonyl (C=O) groups excluding carboxylic acids is 1. The van der Waals surface area contributed by atoms with Crippen molar-refractivity contribution in [1.29, 1.82) is 0 Å². The zero-order chi connectivity index (χ0) is 28.4. The minimum atomic E-state index is -1.04. The molecule has 2 N–H and O–H groups in total. The second-order valence-electron chi connectivity index (χ2n) is 9.11. The van der Waals surface area contributed by atoms with E-state index in [1.54, 1.807) is 44.3 Å². The van der Waals surface area contributed by atoms with Crippen molar-refractivity contribution in [1.82, 2.24) is 4.90 Å². The minimum Gasteiger partial charge on any atom is -0.488 e. The van der Waals surface area contributed by atoms with Crippen molar-refractivity contribution in [2.24, 2.45) is 4.99 Å². The van der Waals surface area contributed by atoms with Gasteiger partial charge >= 0.3 is 11.9 Å². The van der Waals surface area contributed by atoms with Crippen LogP contribution in [0.25, 0.3) is 16.8 Å². The Balaban J connectivity index is 1.50. The third-order valence-corrected chi connectivity index (χ3v) is 7.62. The molecule has 0 spiro atoms. The normalized spacial score (nSPS) is 15.2. The van der Waals surface area contributed by atoms with Crippen molar-refractivity contribution in [3.8, 4) is 5.75 Å². The highest BCUT2D eigenvalue weighted by Crippen LogP contribution is 2.38. The van der Waals surface area contributed by atoms with Gasteiger partial charge in [0.15, 0.2) is 5.17 Å². The van der Waals surface area contributed by atoms with Crippen LogP contribution < -0.4 is 4.74 Å². The lowest BCUT2D eigenvalue weighted by Gasteiger charge is -2.13. The first-order chi connectivity index (χ1) is 19.2. The Labute approximate surface area is 234 Å². The van der Waals surface area contributed by atoms with Crippen molar-refractivity contribution >= 4 is 57.3 Å². The van der Waals surface area contributed by atoms with Crippen LogP contribution in [0.2, 0.25) is 0 Å². The zero-order valence-electron chi connectivity index (χ0n) is 21.6. The summed E-state index contributed by atoms with van der Waals surface area (Å²) >= 11 is 1.20. The van der Waals surface area contributed by atoms with Gasteiger partial charge in [-0.2, -0.15) is 0 Å². The molecule has 1 aliphatic heterocycles. The molecule has 200 valence electrons. The molecule has 0 saturated carbocycles. The van der Waals surface area contributed by atoms with Gasteiger partial charge < -0.3 is 14.9 Å². The largest absolute Gasteiger partial charge is 0.488 e. The minimum absolute atomic E-state index is 0.157. The third kappa shape index (κ3) is 5.32. The molecule has 4 aromatic rings. The van der Waals surface area contributed by atoms with Crippen molar-refractivity contribution in [2.75, 3.05) is 7.05 Å². The Morgan fingerprint density at radius 2 is 1.70 bits per heavy atom. The fourth-order valence-corrected chi connectivity index (χ4v) is 5.28. The van der Waals surface area contributed by atoms with E-state index < -0.39 is 11.9 Å². The number of fused-ring (bicyclic) bond motifs is 1. The van der Waals surface area contributed by atoms with Gasteiger partial charge in [-0.3, -0.25) is 9.69 Å². The standard InChI is InChI=1S/C31H24N2O6S/c1-18-22(30(37)38)8-5-9-25(18)32-31-33(2)28(34)27(40-31)16-24-23-7-4-3-6-20(23)14-15-26(24)39-17-19-10-12-21(13-11-19)29(35)36/h3-16H,17H2,1-2H3,(H,35,36)(H,37,38)/b27-16-,32-31?. The van der Waals surface area contributed by atoms with Gasteiger partial charge in [-0.1, -0.05) is 48.5 Å². The molecule has 0 atom stereocenters. The average Bonchev–Trinajstić information content (AvgIpc) is 3.21. The number of hydrogen-bond acceptors (Lipinski definition) is 6. The number of amides is 1. The number of aromatic carboxylic acids is 2. The number of nitrogens with zero attached hydrogens (tertiary/aromatic N) is 2. The number of carboxylic acids is 2. The number of thioether (sulfide) groups is 1. The molecule has 0 radical (unpaired) electrons. The Hall–Kier alpha value is -4.89. The summed E-state index contributed by atoms with van der Waals surface area (Å²) in [6.45, 7) is 1.90. The lowest BCUT2D eigenvalue weighted by molar-refractivity contribution is -0.121. The molecule has 1 fully saturated rings. The molecule has 1 heterocycles. The summed E-state index contributed by atoms with van der Waals surface area (Å²) < 4.78 is 6.17. The molecular weight excluding hydrogens is 528 g/mol. The lowest BCUT2D eigenvalue weighted by Crippen LogP contribution is -2.23. The van der Waals surface area contributed by atoms with Gasteiger partial charge in [-0.15, -0.1) is 0 Å². The fourth-order valence-electron chi connectivity index (χ4n) is 4.32. The van der Waals surface area contributed by atoms with Crippen LogP contribution in [0.15, 0.2) is 88.8 Å². The SMILES string of the molecule is Cc1c(N=C2S/C(=C\c3c(OCc4ccc(C(=O)O)cc4)ccc4ccccc34)C(=O)N2C)cccc1C(=O)O. The highest BCUT2D eigenvalue weighted by Gasteiger charge is 2.31. The number of likely N-dealkylation sites (N-methyl/N-ethyl adjacent to an activating group) is 1. The number of rotatable bonds is 7. The third-order valence-electron chi connectivity index (χ3n) is 6.56. The molecule has 0 aromatic heterocycles. The molecular formula is C31H24N2O6S. The highest BCUT2D eigenvalue weighted by molar-refractivity contribution is 8.18. The van der Waals surface area contributed by atoms with Crippen molar-refractivity contribution in [3.63, 3.8) is 0 Å². The topological polar surface area (TPSA) is 117 Å². The predicted molar refractivity (Wildman–Crippen MR) is 155 cm³/mol. The fraction of sp³-hybridized carbons (Fsp3) is 0.0968. The van der Waals surface area contributed by atoms with Crippen LogP contribution in [0.3, 0.4) is 0 Å². The Morgan fingerprint density at radius 3 is 2.42 bits per heavy atom. The van der Waals surface area contributed by atoms with Gasteiger partial charge in [0.1, 0.15) is 12.4 Å². The first-order valence-electron chi connectivity index (χ1n) is 12.3. The number of carboxylic acid groups (broad SMARTS) is 2. The van der Waals surface area contributed by atoms with Crippen LogP contribution in [-0.2, 0) is 11.4 Å². The summed E-state index contributed by atoms with van der Waals surface area (Å²) in [5.41, 5.74) is 2.88. The summed E-state index contributed by atoms with van der Waals surface area (Å²) in [7, 11) is 1.63. The van der Waals surface area contributed by atoms with Crippen molar-refractivity contribution in [2.45, 2.75) is 13.5 Å². The van der Waals surface area contributed by atoms with Crippen LogP contribution in [0.4, 0.5) is 5.69 Å². The van der Waals surface area contributed by atoms with Crippen LogP contribution >= 0.6 is 11.8 Å². The van der Waals surface area contributed by atoms with Gasteiger partial charge in [0.25, 0.3) is 5.91 Å². The van der Waals surface area contributed by atoms with Gasteiger partial charge in [0, 0.05) is 12.6 Å². The van der Waals surface area contributed by atoms with Crippen LogP contribution in [0.1, 0.15) is 37.4 Å². The monoisotopic (exact) mass is 552 g/mol. The molecule has 1 aliphatic rings. The highest BCUT2D eigenvalue weighted by atomic mass is 32.2. The maximum atomic E-state index is 13.3. The number of aliphatic imine (C=N–C) groups is 1. The first-order valence-corrected chi connectivity index (χ1v) is 13.1. The van der Waals surface area contributed by atoms with Crippen molar-refractivity contribution < 1.29 is 29.3 Å². The molecule has 40 heavy (non-hydrogen) atoms. The number of carbonyl (C=O) groups is 3. The van der Waals surface area contributed by atoms with E-state index in [9.17, 15) is 19.5 Å². The summed E-state index contributed by atoms with van der Waals surface area (Å²) in [6, 6.07) is 22.9. The van der Waals surface area contributed by atoms with Crippen LogP contribution in [0.5, 0.6) is 5.75 Å². The van der Waals surface area contributed by atoms with Gasteiger partial charge in [-0.05, 0) is 77.0 Å². The molecule has 9 heteroatoms. The number of benzene rings is 4. The van der Waals surface area contributed by atoms with E-state index in [1.165, 1.54) is 34.9 Å². The molecule has 0 bridgehead atoms. The van der Waals surface area contributed by atoms with E-state index in [0.717, 1.165) is 21.9 Å². The Morgan fingerprint density at radius 1 is 0.950 bits per heavy atom. The van der Waals surface area contributed by atoms with Crippen LogP contribution in [-0.4, -0.2) is 45.2 Å². The average molecular weight is 553 g/mol. The van der Waals surface area contributed by atoms with Gasteiger partial charge in [0.05, 0.1) is 21.7 Å². The maximum Gasteiger partial charge on any atom is 0.336 e. The summed E-state index contributed by atoms with van der Waals surface area (Å²) in [4.78, 5) is 42.5. The first kappa shape index (κ1) is 26.7. The quantitative estimate of drug-likeness (QED) is 0.256. The summed E-state index contributed by atoms with van der Waals surface area (Å²) in [5, 5.41) is 20.9. The van der Waals surface area contributed by atoms with E-state index >= 15 is 0 Å². The second kappa shape index (κ2) is 11.1. The van der Waals surface area contributed by atoms with Gasteiger partial charge in [-0.25, -0.2) is 14.6 Å². The van der Waals surface area contributed by atoms with Crippen LogP contribution in [0, 0.1) is 6.92 Å². The van der Waals surface area contributed by atoms with E-state index in [2.05, 4.69) is 4.99 Å². The molecule has 0 unspecified atom stereocenters. The smallest absolute Gasteiger partial charge is 0.336 e.